The van der Waals surface area contributed by atoms with Crippen molar-refractivity contribution in [2.45, 2.75) is 25.0 Å². The van der Waals surface area contributed by atoms with Gasteiger partial charge in [-0.25, -0.2) is 4.98 Å². The normalized spacial score (nSPS) is 21.9. The summed E-state index contributed by atoms with van der Waals surface area (Å²) in [6.07, 6.45) is 6.57. The molecule has 0 aromatic carbocycles. The van der Waals surface area contributed by atoms with Gasteiger partial charge in [-0.3, -0.25) is 0 Å². The number of pyridine rings is 1. The molecule has 0 bridgehead atoms. The van der Waals surface area contributed by atoms with Gasteiger partial charge in [0.1, 0.15) is 0 Å². The number of hydrogen-bond donors (Lipinski definition) is 0. The second kappa shape index (κ2) is 4.71. The summed E-state index contributed by atoms with van der Waals surface area (Å²) in [7, 11) is 1.65. The summed E-state index contributed by atoms with van der Waals surface area (Å²) in [6, 6.07) is 3.98. The molecule has 4 heteroatoms. The maximum atomic E-state index is 5.71. The Kier molecular flexibility index (Phi) is 3.06. The summed E-state index contributed by atoms with van der Waals surface area (Å²) < 4.78 is 16.7. The zero-order chi connectivity index (χ0) is 12.4. The molecule has 2 aliphatic rings. The SMILES string of the molecule is COc1ncccc1C1=CCC2(CC1)OCCO2. The van der Waals surface area contributed by atoms with Crippen molar-refractivity contribution in [3.05, 3.63) is 30.0 Å². The molecule has 1 aromatic heterocycles. The Labute approximate surface area is 107 Å². The van der Waals surface area contributed by atoms with Crippen molar-refractivity contribution in [3.8, 4) is 5.88 Å². The van der Waals surface area contributed by atoms with Crippen LogP contribution in [0.25, 0.3) is 5.57 Å². The molecular formula is C14H17NO3. The first-order valence-corrected chi connectivity index (χ1v) is 6.29. The Balaban J connectivity index is 1.84. The third-order valence-electron chi connectivity index (χ3n) is 3.56. The van der Waals surface area contributed by atoms with Gasteiger partial charge >= 0.3 is 0 Å². The molecule has 2 heterocycles. The molecule has 0 radical (unpaired) electrons. The van der Waals surface area contributed by atoms with Gasteiger partial charge in [0.25, 0.3) is 0 Å². The van der Waals surface area contributed by atoms with Crippen LogP contribution in [-0.2, 0) is 9.47 Å². The average Bonchev–Trinajstić information content (AvgIpc) is 2.88. The number of methoxy groups -OCH3 is 1. The van der Waals surface area contributed by atoms with Crippen LogP contribution in [0.15, 0.2) is 24.4 Å². The van der Waals surface area contributed by atoms with Crippen LogP contribution in [0.5, 0.6) is 5.88 Å². The van der Waals surface area contributed by atoms with E-state index in [1.165, 1.54) is 5.57 Å². The van der Waals surface area contributed by atoms with Crippen molar-refractivity contribution in [2.24, 2.45) is 0 Å². The van der Waals surface area contributed by atoms with E-state index in [0.29, 0.717) is 19.1 Å². The molecule has 1 aliphatic heterocycles. The van der Waals surface area contributed by atoms with Crippen LogP contribution < -0.4 is 4.74 Å². The highest BCUT2D eigenvalue weighted by molar-refractivity contribution is 5.69. The first-order chi connectivity index (χ1) is 8.83. The van der Waals surface area contributed by atoms with Gasteiger partial charge in [-0.05, 0) is 24.1 Å². The van der Waals surface area contributed by atoms with Gasteiger partial charge in [-0.2, -0.15) is 0 Å². The van der Waals surface area contributed by atoms with Crippen LogP contribution in [0, 0.1) is 0 Å². The molecular weight excluding hydrogens is 230 g/mol. The number of rotatable bonds is 2. The molecule has 1 saturated heterocycles. The highest BCUT2D eigenvalue weighted by Crippen LogP contribution is 2.39. The van der Waals surface area contributed by atoms with E-state index in [9.17, 15) is 0 Å². The molecule has 1 spiro atoms. The van der Waals surface area contributed by atoms with E-state index in [2.05, 4.69) is 11.1 Å². The predicted molar refractivity (Wildman–Crippen MR) is 67.3 cm³/mol. The molecule has 0 N–H and O–H groups in total. The summed E-state index contributed by atoms with van der Waals surface area (Å²) in [5.41, 5.74) is 2.34. The van der Waals surface area contributed by atoms with Crippen molar-refractivity contribution in [1.82, 2.24) is 4.98 Å². The Morgan fingerprint density at radius 3 is 2.83 bits per heavy atom. The standard InChI is InChI=1S/C14H17NO3/c1-16-13-12(3-2-8-15-13)11-4-6-14(7-5-11)17-9-10-18-14/h2-4,8H,5-7,9-10H2,1H3. The molecule has 0 saturated carbocycles. The molecule has 18 heavy (non-hydrogen) atoms. The topological polar surface area (TPSA) is 40.6 Å². The van der Waals surface area contributed by atoms with Gasteiger partial charge in [-0.1, -0.05) is 6.08 Å². The van der Waals surface area contributed by atoms with E-state index in [0.717, 1.165) is 24.8 Å². The fourth-order valence-electron chi connectivity index (χ4n) is 2.61. The van der Waals surface area contributed by atoms with Crippen LogP contribution >= 0.6 is 0 Å². The van der Waals surface area contributed by atoms with Crippen molar-refractivity contribution < 1.29 is 14.2 Å². The highest BCUT2D eigenvalue weighted by atomic mass is 16.7. The molecule has 0 atom stereocenters. The minimum absolute atomic E-state index is 0.362. The Hall–Kier alpha value is -1.39. The number of aromatic nitrogens is 1. The van der Waals surface area contributed by atoms with Gasteiger partial charge in [0.15, 0.2) is 5.79 Å². The van der Waals surface area contributed by atoms with E-state index in [1.807, 2.05) is 12.1 Å². The largest absolute Gasteiger partial charge is 0.481 e. The van der Waals surface area contributed by atoms with Gasteiger partial charge in [0, 0.05) is 24.6 Å². The summed E-state index contributed by atoms with van der Waals surface area (Å²) in [5.74, 6) is 0.326. The van der Waals surface area contributed by atoms with Crippen molar-refractivity contribution in [3.63, 3.8) is 0 Å². The van der Waals surface area contributed by atoms with E-state index in [-0.39, 0.29) is 5.79 Å². The number of hydrogen-bond acceptors (Lipinski definition) is 4. The lowest BCUT2D eigenvalue weighted by molar-refractivity contribution is -0.159. The maximum Gasteiger partial charge on any atom is 0.220 e. The number of ether oxygens (including phenoxy) is 3. The van der Waals surface area contributed by atoms with Crippen LogP contribution in [0.1, 0.15) is 24.8 Å². The Morgan fingerprint density at radius 2 is 2.17 bits per heavy atom. The smallest absolute Gasteiger partial charge is 0.220 e. The molecule has 4 nitrogen and oxygen atoms in total. The molecule has 96 valence electrons. The molecule has 3 rings (SSSR count). The zero-order valence-electron chi connectivity index (χ0n) is 10.5. The van der Waals surface area contributed by atoms with Gasteiger partial charge in [0.2, 0.25) is 5.88 Å². The Bertz CT molecular complexity index is 464. The van der Waals surface area contributed by atoms with Crippen molar-refractivity contribution in [1.29, 1.82) is 0 Å². The highest BCUT2D eigenvalue weighted by Gasteiger charge is 2.37. The lowest BCUT2D eigenvalue weighted by Gasteiger charge is -2.30. The average molecular weight is 247 g/mol. The van der Waals surface area contributed by atoms with Crippen molar-refractivity contribution in [2.75, 3.05) is 20.3 Å². The Morgan fingerprint density at radius 1 is 1.33 bits per heavy atom. The van der Waals surface area contributed by atoms with Gasteiger partial charge in [-0.15, -0.1) is 0 Å². The van der Waals surface area contributed by atoms with Crippen LogP contribution in [0.3, 0.4) is 0 Å². The molecule has 0 amide bonds. The van der Waals surface area contributed by atoms with Crippen LogP contribution in [0.2, 0.25) is 0 Å². The lowest BCUT2D eigenvalue weighted by atomic mass is 9.90. The first kappa shape index (κ1) is 11.7. The second-order valence-corrected chi connectivity index (χ2v) is 4.60. The molecule has 1 fully saturated rings. The fourth-order valence-corrected chi connectivity index (χ4v) is 2.61. The zero-order valence-corrected chi connectivity index (χ0v) is 10.5. The minimum atomic E-state index is -0.362. The minimum Gasteiger partial charge on any atom is -0.481 e. The summed E-state index contributed by atoms with van der Waals surface area (Å²) in [5, 5.41) is 0. The predicted octanol–water partition coefficient (Wildman–Crippen LogP) is 2.40. The van der Waals surface area contributed by atoms with E-state index in [1.54, 1.807) is 13.3 Å². The molecule has 1 aromatic rings. The lowest BCUT2D eigenvalue weighted by Crippen LogP contribution is -2.31. The summed E-state index contributed by atoms with van der Waals surface area (Å²) in [6.45, 7) is 1.42. The summed E-state index contributed by atoms with van der Waals surface area (Å²) >= 11 is 0. The van der Waals surface area contributed by atoms with Gasteiger partial charge in [0.05, 0.1) is 20.3 Å². The third-order valence-corrected chi connectivity index (χ3v) is 3.56. The monoisotopic (exact) mass is 247 g/mol. The quantitative estimate of drug-likeness (QED) is 0.804. The maximum absolute atomic E-state index is 5.71. The van der Waals surface area contributed by atoms with Crippen LogP contribution in [-0.4, -0.2) is 31.1 Å². The third kappa shape index (κ3) is 2.02. The van der Waals surface area contributed by atoms with Gasteiger partial charge < -0.3 is 14.2 Å². The van der Waals surface area contributed by atoms with E-state index in [4.69, 9.17) is 14.2 Å². The number of allylic oxidation sites excluding steroid dienone is 1. The summed E-state index contributed by atoms with van der Waals surface area (Å²) in [4.78, 5) is 4.24. The second-order valence-electron chi connectivity index (χ2n) is 4.60. The fraction of sp³-hybridized carbons (Fsp3) is 0.500. The van der Waals surface area contributed by atoms with Crippen molar-refractivity contribution >= 4 is 5.57 Å². The number of nitrogens with zero attached hydrogens (tertiary/aromatic N) is 1. The molecule has 1 aliphatic carbocycles. The van der Waals surface area contributed by atoms with Crippen LogP contribution in [0.4, 0.5) is 0 Å². The molecule has 0 unspecified atom stereocenters. The van der Waals surface area contributed by atoms with E-state index < -0.39 is 0 Å². The van der Waals surface area contributed by atoms with E-state index >= 15 is 0 Å². The first-order valence-electron chi connectivity index (χ1n) is 6.29.